The third kappa shape index (κ3) is 3.77. The smallest absolute Gasteiger partial charge is 0.263 e. The summed E-state index contributed by atoms with van der Waals surface area (Å²) in [6.45, 7) is 8.74. The summed E-state index contributed by atoms with van der Waals surface area (Å²) in [5.74, 6) is 0.862. The summed E-state index contributed by atoms with van der Waals surface area (Å²) < 4.78 is 6.90. The molecule has 0 aliphatic carbocycles. The van der Waals surface area contributed by atoms with E-state index < -0.39 is 0 Å². The predicted molar refractivity (Wildman–Crippen MR) is 144 cm³/mol. The van der Waals surface area contributed by atoms with Gasteiger partial charge < -0.3 is 25.6 Å². The minimum absolute atomic E-state index is 0.0104. The van der Waals surface area contributed by atoms with Crippen LogP contribution in [-0.2, 0) is 0 Å². The summed E-state index contributed by atoms with van der Waals surface area (Å²) in [4.78, 5) is 20.9. The number of amides is 1. The minimum Gasteiger partial charge on any atom is -0.495 e. The van der Waals surface area contributed by atoms with Gasteiger partial charge in [-0.2, -0.15) is 0 Å². The minimum atomic E-state index is -0.0104. The van der Waals surface area contributed by atoms with Crippen LogP contribution in [0, 0.1) is 6.92 Å². The van der Waals surface area contributed by atoms with Crippen molar-refractivity contribution in [2.75, 3.05) is 50.1 Å². The van der Waals surface area contributed by atoms with E-state index in [-0.39, 0.29) is 11.9 Å². The van der Waals surface area contributed by atoms with Gasteiger partial charge >= 0.3 is 0 Å². The van der Waals surface area contributed by atoms with Gasteiger partial charge in [0.2, 0.25) is 0 Å². The number of fused-ring (bicyclic) bond motifs is 5. The molecular weight excluding hydrogens is 458 g/mol. The first-order valence-corrected chi connectivity index (χ1v) is 12.9. The van der Waals surface area contributed by atoms with Crippen molar-refractivity contribution in [2.24, 2.45) is 0 Å². The highest BCUT2D eigenvalue weighted by Crippen LogP contribution is 2.42. The van der Waals surface area contributed by atoms with Crippen LogP contribution in [0.4, 0.5) is 11.4 Å². The molecule has 2 aliphatic rings. The van der Waals surface area contributed by atoms with Crippen molar-refractivity contribution < 1.29 is 9.53 Å². The van der Waals surface area contributed by atoms with Crippen molar-refractivity contribution in [1.82, 2.24) is 15.6 Å². The van der Waals surface area contributed by atoms with Crippen LogP contribution in [0.25, 0.3) is 32.2 Å². The normalized spacial score (nSPS) is 18.2. The molecule has 1 saturated heterocycles. The SMILES string of the molecule is COc1cc(-c2ccc3c(ccc4sc5c(c43)NC[C@@H](C)NC5=O)n2)c(C)cc1N1CCNCC1. The van der Waals surface area contributed by atoms with Crippen molar-refractivity contribution in [3.05, 3.63) is 46.8 Å². The Morgan fingerprint density at radius 2 is 1.97 bits per heavy atom. The maximum atomic E-state index is 12.7. The van der Waals surface area contributed by atoms with E-state index in [1.165, 1.54) is 16.9 Å². The molecule has 4 heterocycles. The monoisotopic (exact) mass is 487 g/mol. The number of thiophene rings is 1. The molecule has 0 saturated carbocycles. The van der Waals surface area contributed by atoms with Gasteiger partial charge in [0, 0.05) is 59.8 Å². The molecular formula is C27H29N5O2S. The van der Waals surface area contributed by atoms with Gasteiger partial charge in [-0.3, -0.25) is 4.79 Å². The molecule has 0 spiro atoms. The maximum absolute atomic E-state index is 12.7. The predicted octanol–water partition coefficient (Wildman–Crippen LogP) is 4.39. The fourth-order valence-corrected chi connectivity index (χ4v) is 6.24. The molecule has 35 heavy (non-hydrogen) atoms. The zero-order chi connectivity index (χ0) is 24.1. The molecule has 1 amide bonds. The summed E-state index contributed by atoms with van der Waals surface area (Å²) in [6.07, 6.45) is 0. The zero-order valence-electron chi connectivity index (χ0n) is 20.2. The van der Waals surface area contributed by atoms with Crippen molar-refractivity contribution in [2.45, 2.75) is 19.9 Å². The molecule has 6 rings (SSSR count). The number of aromatic nitrogens is 1. The zero-order valence-corrected chi connectivity index (χ0v) is 21.0. The summed E-state index contributed by atoms with van der Waals surface area (Å²) >= 11 is 1.53. The van der Waals surface area contributed by atoms with Gasteiger partial charge in [-0.05, 0) is 55.8 Å². The molecule has 1 atom stereocenters. The number of nitrogens with zero attached hydrogens (tertiary/aromatic N) is 2. The molecule has 0 bridgehead atoms. The number of pyridine rings is 1. The van der Waals surface area contributed by atoms with Crippen molar-refractivity contribution >= 4 is 49.6 Å². The highest BCUT2D eigenvalue weighted by molar-refractivity contribution is 7.21. The van der Waals surface area contributed by atoms with E-state index in [2.05, 4.69) is 64.2 Å². The van der Waals surface area contributed by atoms with E-state index in [1.54, 1.807) is 7.11 Å². The lowest BCUT2D eigenvalue weighted by Gasteiger charge is -2.31. The number of ether oxygens (including phenoxy) is 1. The van der Waals surface area contributed by atoms with E-state index in [0.29, 0.717) is 6.54 Å². The lowest BCUT2D eigenvalue weighted by Crippen LogP contribution is -2.43. The van der Waals surface area contributed by atoms with Crippen LogP contribution < -0.4 is 25.6 Å². The fraction of sp³-hybridized carbons (Fsp3) is 0.333. The van der Waals surface area contributed by atoms with Crippen molar-refractivity contribution in [3.63, 3.8) is 0 Å². The summed E-state index contributed by atoms with van der Waals surface area (Å²) in [5, 5.41) is 12.1. The number of hydrogen-bond donors (Lipinski definition) is 3. The van der Waals surface area contributed by atoms with Gasteiger partial charge in [0.25, 0.3) is 5.91 Å². The number of carbonyl (C=O) groups is 1. The van der Waals surface area contributed by atoms with E-state index in [4.69, 9.17) is 9.72 Å². The van der Waals surface area contributed by atoms with Crippen LogP contribution in [0.2, 0.25) is 0 Å². The van der Waals surface area contributed by atoms with E-state index in [9.17, 15) is 4.79 Å². The molecule has 2 aliphatic heterocycles. The van der Waals surface area contributed by atoms with Crippen molar-refractivity contribution in [1.29, 1.82) is 0 Å². The molecule has 2 aromatic carbocycles. The van der Waals surface area contributed by atoms with E-state index in [0.717, 1.165) is 80.4 Å². The molecule has 4 aromatic rings. The van der Waals surface area contributed by atoms with Gasteiger partial charge in [-0.25, -0.2) is 4.98 Å². The molecule has 0 radical (unpaired) electrons. The molecule has 180 valence electrons. The van der Waals surface area contributed by atoms with Crippen LogP contribution in [0.3, 0.4) is 0 Å². The van der Waals surface area contributed by atoms with Gasteiger partial charge in [-0.1, -0.05) is 0 Å². The second-order valence-electron chi connectivity index (χ2n) is 9.34. The maximum Gasteiger partial charge on any atom is 0.263 e. The average Bonchev–Trinajstić information content (AvgIpc) is 3.20. The topological polar surface area (TPSA) is 78.5 Å². The largest absolute Gasteiger partial charge is 0.495 e. The lowest BCUT2D eigenvalue weighted by atomic mass is 10.0. The quantitative estimate of drug-likeness (QED) is 0.398. The number of anilines is 2. The van der Waals surface area contributed by atoms with E-state index in [1.807, 2.05) is 6.92 Å². The second kappa shape index (κ2) is 8.70. The van der Waals surface area contributed by atoms with Crippen LogP contribution in [0.15, 0.2) is 36.4 Å². The Morgan fingerprint density at radius 1 is 1.14 bits per heavy atom. The number of aryl methyl sites for hydroxylation is 1. The first kappa shape index (κ1) is 22.1. The number of rotatable bonds is 3. The van der Waals surface area contributed by atoms with Gasteiger partial charge in [0.15, 0.2) is 0 Å². The first-order chi connectivity index (χ1) is 17.0. The highest BCUT2D eigenvalue weighted by Gasteiger charge is 2.25. The molecule has 8 heteroatoms. The lowest BCUT2D eigenvalue weighted by molar-refractivity contribution is 0.0949. The molecule has 2 aromatic heterocycles. The molecule has 1 fully saturated rings. The highest BCUT2D eigenvalue weighted by atomic mass is 32.1. The third-order valence-electron chi connectivity index (χ3n) is 6.95. The Hall–Kier alpha value is -3.36. The first-order valence-electron chi connectivity index (χ1n) is 12.1. The van der Waals surface area contributed by atoms with Crippen LogP contribution in [0.5, 0.6) is 5.75 Å². The number of nitrogens with one attached hydrogen (secondary N) is 3. The number of methoxy groups -OCH3 is 1. The van der Waals surface area contributed by atoms with Gasteiger partial charge in [0.05, 0.1) is 29.7 Å². The Labute approximate surface area is 208 Å². The fourth-order valence-electron chi connectivity index (χ4n) is 5.14. The second-order valence-corrected chi connectivity index (χ2v) is 10.4. The Morgan fingerprint density at radius 3 is 2.77 bits per heavy atom. The van der Waals surface area contributed by atoms with Crippen LogP contribution in [-0.4, -0.2) is 56.8 Å². The van der Waals surface area contributed by atoms with E-state index >= 15 is 0 Å². The Bertz CT molecular complexity index is 1460. The third-order valence-corrected chi connectivity index (χ3v) is 8.10. The Kier molecular flexibility index (Phi) is 5.50. The van der Waals surface area contributed by atoms with Crippen molar-refractivity contribution in [3.8, 4) is 17.0 Å². The summed E-state index contributed by atoms with van der Waals surface area (Å²) in [5.41, 5.74) is 6.13. The molecule has 7 nitrogen and oxygen atoms in total. The number of hydrogen-bond acceptors (Lipinski definition) is 7. The van der Waals surface area contributed by atoms with Crippen LogP contribution >= 0.6 is 11.3 Å². The van der Waals surface area contributed by atoms with Crippen LogP contribution in [0.1, 0.15) is 22.2 Å². The molecule has 3 N–H and O–H groups in total. The summed E-state index contributed by atoms with van der Waals surface area (Å²) in [6, 6.07) is 12.8. The molecule has 0 unspecified atom stereocenters. The standard InChI is InChI=1S/C27H29N5O2S/c1-15-12-21(32-10-8-28-9-11-32)22(34-3)13-18(15)20-5-4-17-19(31-20)6-7-23-24(17)25-26(35-23)27(33)30-16(2)14-29-25/h4-7,12-13,16,28-29H,8-11,14H2,1-3H3,(H,30,33)/t16-/m1/s1. The number of carbonyl (C=O) groups excluding carboxylic acids is 1. The average molecular weight is 488 g/mol. The number of benzene rings is 2. The summed E-state index contributed by atoms with van der Waals surface area (Å²) in [7, 11) is 1.73. The number of piperazine rings is 1. The van der Waals surface area contributed by atoms with Gasteiger partial charge in [0.1, 0.15) is 10.6 Å². The Balaban J connectivity index is 1.45. The van der Waals surface area contributed by atoms with Gasteiger partial charge in [-0.15, -0.1) is 11.3 Å².